The van der Waals surface area contributed by atoms with Gasteiger partial charge in [0.25, 0.3) is 0 Å². The molecule has 1 heterocycles. The zero-order valence-electron chi connectivity index (χ0n) is 12.7. The molecule has 0 aliphatic rings. The van der Waals surface area contributed by atoms with Gasteiger partial charge in [-0.15, -0.1) is 0 Å². The number of ketones is 2. The van der Waals surface area contributed by atoms with Crippen LogP contribution in [0.4, 0.5) is 0 Å². The molecule has 116 valence electrons. The van der Waals surface area contributed by atoms with Crippen molar-refractivity contribution in [3.05, 3.63) is 66.1 Å². The average Bonchev–Trinajstić information content (AvgIpc) is 3.13. The maximum absolute atomic E-state index is 12.3. The van der Waals surface area contributed by atoms with Gasteiger partial charge in [-0.1, -0.05) is 18.2 Å². The normalized spacial score (nSPS) is 10.7. The van der Waals surface area contributed by atoms with Gasteiger partial charge in [0, 0.05) is 18.4 Å². The Balaban J connectivity index is 1.72. The van der Waals surface area contributed by atoms with Crippen LogP contribution in [-0.4, -0.2) is 18.7 Å². The minimum absolute atomic E-state index is 0.0531. The summed E-state index contributed by atoms with van der Waals surface area (Å²) in [5, 5.41) is 1.97. The van der Waals surface area contributed by atoms with Gasteiger partial charge in [-0.2, -0.15) is 0 Å². The highest BCUT2D eigenvalue weighted by Crippen LogP contribution is 2.22. The second-order valence-corrected chi connectivity index (χ2v) is 5.25. The molecule has 0 saturated heterocycles. The van der Waals surface area contributed by atoms with E-state index in [0.717, 1.165) is 16.5 Å². The van der Waals surface area contributed by atoms with Crippen molar-refractivity contribution >= 4 is 22.3 Å². The first-order chi connectivity index (χ1) is 11.2. The second-order valence-electron chi connectivity index (χ2n) is 5.25. The third kappa shape index (κ3) is 3.31. The lowest BCUT2D eigenvalue weighted by Crippen LogP contribution is -2.04. The van der Waals surface area contributed by atoms with Crippen LogP contribution in [0, 0.1) is 0 Å². The smallest absolute Gasteiger partial charge is 0.198 e. The van der Waals surface area contributed by atoms with E-state index in [-0.39, 0.29) is 24.4 Å². The average molecular weight is 308 g/mol. The van der Waals surface area contributed by atoms with Gasteiger partial charge in [-0.3, -0.25) is 9.59 Å². The highest BCUT2D eigenvalue weighted by molar-refractivity contribution is 6.03. The van der Waals surface area contributed by atoms with E-state index >= 15 is 0 Å². The van der Waals surface area contributed by atoms with Crippen LogP contribution >= 0.6 is 0 Å². The van der Waals surface area contributed by atoms with Crippen LogP contribution in [0.2, 0.25) is 0 Å². The van der Waals surface area contributed by atoms with Crippen LogP contribution in [0.25, 0.3) is 10.8 Å². The molecule has 0 spiro atoms. The van der Waals surface area contributed by atoms with Crippen LogP contribution < -0.4 is 4.74 Å². The molecule has 0 atom stereocenters. The molecular weight excluding hydrogens is 292 g/mol. The Kier molecular flexibility index (Phi) is 4.24. The Labute approximate surface area is 133 Å². The third-order valence-corrected chi connectivity index (χ3v) is 3.74. The molecule has 0 aliphatic carbocycles. The first-order valence-electron chi connectivity index (χ1n) is 7.35. The first-order valence-corrected chi connectivity index (χ1v) is 7.35. The van der Waals surface area contributed by atoms with Crippen molar-refractivity contribution in [2.75, 3.05) is 7.11 Å². The quantitative estimate of drug-likeness (QED) is 0.637. The Hall–Kier alpha value is -2.88. The standard InChI is InChI=1S/C19H16O4/c1-22-16-7-6-13-11-15(5-4-14(13)12-16)17(20)8-9-18(21)19-3-2-10-23-19/h2-7,10-12H,8-9H2,1H3. The number of benzene rings is 2. The van der Waals surface area contributed by atoms with Crippen molar-refractivity contribution in [1.82, 2.24) is 0 Å². The minimum atomic E-state index is -0.158. The predicted molar refractivity (Wildman–Crippen MR) is 87.1 cm³/mol. The molecule has 0 aliphatic heterocycles. The number of carbonyl (C=O) groups excluding carboxylic acids is 2. The Morgan fingerprint density at radius 2 is 1.70 bits per heavy atom. The largest absolute Gasteiger partial charge is 0.497 e. The lowest BCUT2D eigenvalue weighted by molar-refractivity contribution is 0.0902. The Morgan fingerprint density at radius 3 is 2.43 bits per heavy atom. The summed E-state index contributed by atoms with van der Waals surface area (Å²) in [6.45, 7) is 0. The van der Waals surface area contributed by atoms with Gasteiger partial charge in [0.2, 0.25) is 0 Å². The molecule has 23 heavy (non-hydrogen) atoms. The van der Waals surface area contributed by atoms with Crippen LogP contribution in [-0.2, 0) is 0 Å². The van der Waals surface area contributed by atoms with Gasteiger partial charge in [-0.25, -0.2) is 0 Å². The molecule has 0 radical (unpaired) electrons. The molecule has 0 fully saturated rings. The Morgan fingerprint density at radius 1 is 0.957 bits per heavy atom. The molecule has 0 saturated carbocycles. The van der Waals surface area contributed by atoms with Crippen molar-refractivity contribution in [2.45, 2.75) is 12.8 Å². The van der Waals surface area contributed by atoms with Gasteiger partial charge in [0.05, 0.1) is 13.4 Å². The molecule has 4 heteroatoms. The minimum Gasteiger partial charge on any atom is -0.497 e. The molecule has 3 rings (SSSR count). The SMILES string of the molecule is COc1ccc2cc(C(=O)CCC(=O)c3ccco3)ccc2c1. The van der Waals surface area contributed by atoms with E-state index in [1.54, 1.807) is 25.3 Å². The maximum Gasteiger partial charge on any atom is 0.198 e. The van der Waals surface area contributed by atoms with E-state index in [9.17, 15) is 9.59 Å². The molecule has 3 aromatic rings. The second kappa shape index (κ2) is 6.48. The summed E-state index contributed by atoms with van der Waals surface area (Å²) >= 11 is 0. The fourth-order valence-electron chi connectivity index (χ4n) is 2.46. The summed E-state index contributed by atoms with van der Waals surface area (Å²) < 4.78 is 10.2. The van der Waals surface area contributed by atoms with Crippen molar-refractivity contribution in [2.24, 2.45) is 0 Å². The van der Waals surface area contributed by atoms with Crippen LogP contribution in [0.5, 0.6) is 5.75 Å². The number of ether oxygens (including phenoxy) is 1. The summed E-state index contributed by atoms with van der Waals surface area (Å²) in [6.07, 6.45) is 1.76. The lowest BCUT2D eigenvalue weighted by atomic mass is 10.0. The number of hydrogen-bond donors (Lipinski definition) is 0. The topological polar surface area (TPSA) is 56.5 Å². The summed E-state index contributed by atoms with van der Waals surface area (Å²) in [5.74, 6) is 0.862. The Bertz CT molecular complexity index is 847. The number of furan rings is 1. The number of fused-ring (bicyclic) bond motifs is 1. The third-order valence-electron chi connectivity index (χ3n) is 3.74. The summed E-state index contributed by atoms with van der Waals surface area (Å²) in [4.78, 5) is 24.1. The van der Waals surface area contributed by atoms with Gasteiger partial charge in [0.1, 0.15) is 5.75 Å². The molecule has 0 unspecified atom stereocenters. The van der Waals surface area contributed by atoms with Crippen LogP contribution in [0.3, 0.4) is 0 Å². The lowest BCUT2D eigenvalue weighted by Gasteiger charge is -2.05. The number of hydrogen-bond acceptors (Lipinski definition) is 4. The molecule has 0 amide bonds. The highest BCUT2D eigenvalue weighted by Gasteiger charge is 2.13. The van der Waals surface area contributed by atoms with Gasteiger partial charge >= 0.3 is 0 Å². The fraction of sp³-hybridized carbons (Fsp3) is 0.158. The van der Waals surface area contributed by atoms with E-state index < -0.39 is 0 Å². The summed E-state index contributed by atoms with van der Waals surface area (Å²) in [7, 11) is 1.62. The molecule has 0 bridgehead atoms. The maximum atomic E-state index is 12.3. The molecule has 4 nitrogen and oxygen atoms in total. The zero-order chi connectivity index (χ0) is 16.2. The number of methoxy groups -OCH3 is 1. The van der Waals surface area contributed by atoms with Crippen LogP contribution in [0.1, 0.15) is 33.8 Å². The van der Waals surface area contributed by atoms with Gasteiger partial charge in [0.15, 0.2) is 17.3 Å². The summed E-state index contributed by atoms with van der Waals surface area (Å²) in [6, 6.07) is 14.5. The van der Waals surface area contributed by atoms with E-state index in [1.165, 1.54) is 6.26 Å². The summed E-state index contributed by atoms with van der Waals surface area (Å²) in [5.41, 5.74) is 0.606. The van der Waals surface area contributed by atoms with E-state index in [2.05, 4.69) is 0 Å². The number of Topliss-reactive ketones (excluding diaryl/α,β-unsaturated/α-hetero) is 2. The molecule has 1 aromatic heterocycles. The van der Waals surface area contributed by atoms with Crippen molar-refractivity contribution < 1.29 is 18.7 Å². The number of rotatable bonds is 6. The molecular formula is C19H16O4. The molecule has 0 N–H and O–H groups in total. The van der Waals surface area contributed by atoms with Gasteiger partial charge in [-0.05, 0) is 41.1 Å². The monoisotopic (exact) mass is 308 g/mol. The van der Waals surface area contributed by atoms with E-state index in [4.69, 9.17) is 9.15 Å². The van der Waals surface area contributed by atoms with Gasteiger partial charge < -0.3 is 9.15 Å². The fourth-order valence-corrected chi connectivity index (χ4v) is 2.46. The van der Waals surface area contributed by atoms with Crippen molar-refractivity contribution in [3.8, 4) is 5.75 Å². The van der Waals surface area contributed by atoms with Crippen molar-refractivity contribution in [1.29, 1.82) is 0 Å². The number of carbonyl (C=O) groups is 2. The van der Waals surface area contributed by atoms with Crippen molar-refractivity contribution in [3.63, 3.8) is 0 Å². The van der Waals surface area contributed by atoms with Crippen LogP contribution in [0.15, 0.2) is 59.2 Å². The highest BCUT2D eigenvalue weighted by atomic mass is 16.5. The van der Waals surface area contributed by atoms with E-state index in [0.29, 0.717) is 11.3 Å². The molecule has 2 aromatic carbocycles. The first kappa shape index (κ1) is 15.0. The predicted octanol–water partition coefficient (Wildman–Crippen LogP) is 4.29. The van der Waals surface area contributed by atoms with E-state index in [1.807, 2.05) is 30.3 Å². The zero-order valence-corrected chi connectivity index (χ0v) is 12.7.